The van der Waals surface area contributed by atoms with Gasteiger partial charge >= 0.3 is 13.1 Å². The highest BCUT2D eigenvalue weighted by Gasteiger charge is 2.22. The van der Waals surface area contributed by atoms with Crippen LogP contribution < -0.4 is 0 Å². The molecule has 13 heteroatoms. The highest BCUT2D eigenvalue weighted by molar-refractivity contribution is 6.09. The first kappa shape index (κ1) is 31.4. The van der Waals surface area contributed by atoms with Crippen LogP contribution in [0.15, 0.2) is 85.3 Å². The fraction of sp³-hybridized carbons (Fsp3) is 0.108. The molecule has 8 aromatic rings. The Bertz CT molecular complexity index is 2620. The van der Waals surface area contributed by atoms with Gasteiger partial charge in [-0.3, -0.25) is 19.1 Å². The molecule has 3 aromatic carbocycles. The van der Waals surface area contributed by atoms with Gasteiger partial charge < -0.3 is 0 Å². The van der Waals surface area contributed by atoms with E-state index in [-0.39, 0.29) is 66.6 Å². The van der Waals surface area contributed by atoms with Crippen molar-refractivity contribution in [3.8, 4) is 22.4 Å². The minimum atomic E-state index is -3.09. The van der Waals surface area contributed by atoms with Crippen molar-refractivity contribution in [2.24, 2.45) is 0 Å². The number of pyridine rings is 3. The summed E-state index contributed by atoms with van der Waals surface area (Å²) in [4.78, 5) is 12.6. The van der Waals surface area contributed by atoms with E-state index in [4.69, 9.17) is 0 Å². The number of rotatable bonds is 6. The maximum Gasteiger partial charge on any atom is 0.320 e. The summed E-state index contributed by atoms with van der Waals surface area (Å²) in [6.07, 6.45) is 3.77. The Morgan fingerprint density at radius 2 is 1.24 bits per heavy atom. The summed E-state index contributed by atoms with van der Waals surface area (Å²) >= 11 is 0. The first-order chi connectivity index (χ1) is 24.0. The topological polar surface area (TPSA) is 48.5 Å². The van der Waals surface area contributed by atoms with Gasteiger partial charge in [0.2, 0.25) is 0 Å². The Morgan fingerprint density at radius 1 is 0.600 bits per heavy atom. The standard InChI is InChI=1S/C37H21F8N5/c1-17-27(38)10-20(11-28(17)39)31-5-4-23-26-16-47-21(14-34(26)50(37(44)45)35(23)48-31)13-24-29(40)8-19(9-30(24)41)18-2-3-22-25-15-46-7-6-32(25)49(36(42)43)33(22)12-18/h2-12,14-16,36-37H,13H2,1H3. The highest BCUT2D eigenvalue weighted by atomic mass is 19.3. The van der Waals surface area contributed by atoms with Crippen molar-refractivity contribution in [2.75, 3.05) is 0 Å². The molecule has 5 nitrogen and oxygen atoms in total. The van der Waals surface area contributed by atoms with Crippen molar-refractivity contribution >= 4 is 43.7 Å². The number of aromatic nitrogens is 5. The Kier molecular flexibility index (Phi) is 7.32. The van der Waals surface area contributed by atoms with Crippen LogP contribution in [0.25, 0.3) is 66.1 Å². The van der Waals surface area contributed by atoms with Crippen LogP contribution in [0, 0.1) is 30.2 Å². The Labute approximate surface area is 277 Å². The van der Waals surface area contributed by atoms with Gasteiger partial charge in [0.05, 0.1) is 22.2 Å². The van der Waals surface area contributed by atoms with Gasteiger partial charge in [0.15, 0.2) is 0 Å². The van der Waals surface area contributed by atoms with E-state index in [9.17, 15) is 26.3 Å². The van der Waals surface area contributed by atoms with Gasteiger partial charge in [0.1, 0.15) is 28.9 Å². The van der Waals surface area contributed by atoms with E-state index in [1.165, 1.54) is 55.8 Å². The monoisotopic (exact) mass is 687 g/mol. The maximum atomic E-state index is 15.6. The lowest BCUT2D eigenvalue weighted by Gasteiger charge is -2.11. The molecular weight excluding hydrogens is 666 g/mol. The van der Waals surface area contributed by atoms with E-state index < -0.39 is 42.8 Å². The van der Waals surface area contributed by atoms with Gasteiger partial charge in [-0.05, 0) is 72.6 Å². The smallest absolute Gasteiger partial charge is 0.284 e. The molecule has 0 amide bonds. The van der Waals surface area contributed by atoms with Gasteiger partial charge in [0, 0.05) is 68.9 Å². The van der Waals surface area contributed by atoms with Crippen molar-refractivity contribution in [3.05, 3.63) is 125 Å². The molecule has 0 unspecified atom stereocenters. The van der Waals surface area contributed by atoms with Crippen LogP contribution in [-0.2, 0) is 6.42 Å². The molecule has 0 aliphatic heterocycles. The number of fused-ring (bicyclic) bond motifs is 6. The van der Waals surface area contributed by atoms with Crippen molar-refractivity contribution in [1.82, 2.24) is 24.1 Å². The first-order valence-corrected chi connectivity index (χ1v) is 15.2. The quantitative estimate of drug-likeness (QED) is 0.164. The van der Waals surface area contributed by atoms with Crippen LogP contribution in [0.5, 0.6) is 0 Å². The second kappa shape index (κ2) is 11.6. The molecule has 0 spiro atoms. The lowest BCUT2D eigenvalue weighted by Crippen LogP contribution is -2.03. The summed E-state index contributed by atoms with van der Waals surface area (Å²) in [5.74, 6) is -3.52. The third-order valence-corrected chi connectivity index (χ3v) is 9.00. The largest absolute Gasteiger partial charge is 0.320 e. The van der Waals surface area contributed by atoms with Crippen LogP contribution in [0.4, 0.5) is 35.1 Å². The van der Waals surface area contributed by atoms with E-state index >= 15 is 8.78 Å². The minimum Gasteiger partial charge on any atom is -0.284 e. The molecule has 5 aromatic heterocycles. The zero-order valence-electron chi connectivity index (χ0n) is 25.7. The molecule has 0 fully saturated rings. The van der Waals surface area contributed by atoms with E-state index in [0.29, 0.717) is 20.9 Å². The molecule has 0 bridgehead atoms. The molecule has 0 aliphatic carbocycles. The fourth-order valence-electron chi connectivity index (χ4n) is 6.50. The predicted octanol–water partition coefficient (Wildman–Crippen LogP) is 10.7. The first-order valence-electron chi connectivity index (χ1n) is 15.2. The normalized spacial score (nSPS) is 12.1. The second-order valence-corrected chi connectivity index (χ2v) is 11.8. The Morgan fingerprint density at radius 3 is 1.94 bits per heavy atom. The summed E-state index contributed by atoms with van der Waals surface area (Å²) in [6, 6.07) is 14.6. The van der Waals surface area contributed by atoms with E-state index in [0.717, 1.165) is 28.8 Å². The number of nitrogens with zero attached hydrogens (tertiary/aromatic N) is 5. The van der Waals surface area contributed by atoms with E-state index in [1.807, 2.05) is 0 Å². The van der Waals surface area contributed by atoms with Crippen molar-refractivity contribution in [2.45, 2.75) is 26.4 Å². The third kappa shape index (κ3) is 4.94. The number of hydrogen-bond donors (Lipinski definition) is 0. The second-order valence-electron chi connectivity index (χ2n) is 11.8. The van der Waals surface area contributed by atoms with Crippen LogP contribution in [0.3, 0.4) is 0 Å². The Hall–Kier alpha value is -5.85. The third-order valence-electron chi connectivity index (χ3n) is 9.00. The maximum absolute atomic E-state index is 15.6. The van der Waals surface area contributed by atoms with Gasteiger partial charge in [-0.25, -0.2) is 22.5 Å². The zero-order chi connectivity index (χ0) is 35.0. The fourth-order valence-corrected chi connectivity index (χ4v) is 6.50. The van der Waals surface area contributed by atoms with E-state index in [2.05, 4.69) is 15.0 Å². The molecule has 50 heavy (non-hydrogen) atoms. The molecule has 0 saturated heterocycles. The average Bonchev–Trinajstić information content (AvgIpc) is 3.60. The van der Waals surface area contributed by atoms with Crippen LogP contribution in [0.2, 0.25) is 0 Å². The van der Waals surface area contributed by atoms with Gasteiger partial charge in [-0.1, -0.05) is 12.1 Å². The van der Waals surface area contributed by atoms with Crippen LogP contribution in [0.1, 0.15) is 29.9 Å². The molecular formula is C37H21F8N5. The number of benzene rings is 3. The number of hydrogen-bond acceptors (Lipinski definition) is 3. The van der Waals surface area contributed by atoms with Gasteiger partial charge in [-0.2, -0.15) is 17.6 Å². The molecule has 5 heterocycles. The van der Waals surface area contributed by atoms with Crippen molar-refractivity contribution < 1.29 is 35.1 Å². The summed E-state index contributed by atoms with van der Waals surface area (Å²) in [6.45, 7) is -4.70. The van der Waals surface area contributed by atoms with Crippen LogP contribution in [-0.4, -0.2) is 24.1 Å². The molecule has 0 saturated carbocycles. The minimum absolute atomic E-state index is 0.0127. The van der Waals surface area contributed by atoms with Crippen molar-refractivity contribution in [1.29, 1.82) is 0 Å². The average molecular weight is 688 g/mol. The summed E-state index contributed by atoms with van der Waals surface area (Å²) < 4.78 is 118. The summed E-state index contributed by atoms with van der Waals surface area (Å²) in [5.41, 5.74) is 0.265. The van der Waals surface area contributed by atoms with Gasteiger partial charge in [0.25, 0.3) is 0 Å². The summed E-state index contributed by atoms with van der Waals surface area (Å²) in [5, 5.41) is 1.58. The van der Waals surface area contributed by atoms with Crippen LogP contribution >= 0.6 is 0 Å². The lowest BCUT2D eigenvalue weighted by atomic mass is 9.99. The molecule has 250 valence electrons. The molecule has 0 atom stereocenters. The lowest BCUT2D eigenvalue weighted by molar-refractivity contribution is 0.0787. The number of halogens is 8. The summed E-state index contributed by atoms with van der Waals surface area (Å²) in [7, 11) is 0. The van der Waals surface area contributed by atoms with E-state index in [1.54, 1.807) is 12.1 Å². The molecule has 0 radical (unpaired) electrons. The highest BCUT2D eigenvalue weighted by Crippen LogP contribution is 2.37. The predicted molar refractivity (Wildman–Crippen MR) is 173 cm³/mol. The SMILES string of the molecule is Cc1c(F)cc(-c2ccc3c4cnc(Cc5c(F)cc(-c6ccc7c8cnccc8n(C(F)F)c7c6)cc5F)cc4n(C(F)F)c3n2)cc1F. The zero-order valence-corrected chi connectivity index (χ0v) is 25.7. The van der Waals surface area contributed by atoms with Crippen molar-refractivity contribution in [3.63, 3.8) is 0 Å². The molecule has 8 rings (SSSR count). The number of alkyl halides is 4. The van der Waals surface area contributed by atoms with Gasteiger partial charge in [-0.15, -0.1) is 0 Å². The Balaban J connectivity index is 1.17. The molecule has 0 N–H and O–H groups in total. The molecule has 0 aliphatic rings.